The summed E-state index contributed by atoms with van der Waals surface area (Å²) in [7, 11) is 0. The molecule has 1 spiro atoms. The molecule has 0 aromatic rings. The standard InChI is InChI=1S/C21H33N3O3/c1-18-9-5-14-19(2)7-4-8-20(3,16(25)26)13(19)6-10-21(14,12-18)11-15(18)23-24-17(22)27/h13-14H,4-12H2,1-3H3,(H,25,26)(H3,22,24,27)/t13-,14-,18-,19+,20+,21-/m0/s1. The third-order valence-electron chi connectivity index (χ3n) is 9.18. The molecule has 4 saturated carbocycles. The van der Waals surface area contributed by atoms with Gasteiger partial charge in [0.1, 0.15) is 0 Å². The molecule has 4 aliphatic rings. The lowest BCUT2D eigenvalue weighted by Crippen LogP contribution is -2.58. The fraction of sp³-hybridized carbons (Fsp3) is 0.857. The Morgan fingerprint density at radius 2 is 1.81 bits per heavy atom. The zero-order valence-corrected chi connectivity index (χ0v) is 16.8. The van der Waals surface area contributed by atoms with E-state index in [4.69, 9.17) is 5.73 Å². The summed E-state index contributed by atoms with van der Waals surface area (Å²) in [6.45, 7) is 6.64. The van der Waals surface area contributed by atoms with Gasteiger partial charge in [0.25, 0.3) is 0 Å². The van der Waals surface area contributed by atoms with Gasteiger partial charge < -0.3 is 10.8 Å². The number of nitrogens with two attached hydrogens (primary N) is 1. The van der Waals surface area contributed by atoms with Crippen LogP contribution in [0.25, 0.3) is 0 Å². The van der Waals surface area contributed by atoms with E-state index in [0.717, 1.165) is 63.5 Å². The minimum atomic E-state index is -0.616. The second-order valence-electron chi connectivity index (χ2n) is 10.6. The van der Waals surface area contributed by atoms with Crippen LogP contribution < -0.4 is 11.2 Å². The number of fused-ring (bicyclic) bond motifs is 3. The highest BCUT2D eigenvalue weighted by molar-refractivity contribution is 5.94. The first-order valence-corrected chi connectivity index (χ1v) is 10.4. The fourth-order valence-electron chi connectivity index (χ4n) is 8.08. The molecular formula is C21H33N3O3. The van der Waals surface area contributed by atoms with Crippen molar-refractivity contribution in [2.75, 3.05) is 0 Å². The Morgan fingerprint density at radius 3 is 2.48 bits per heavy atom. The number of carboxylic acids is 1. The number of carbonyl (C=O) groups excluding carboxylic acids is 1. The first-order chi connectivity index (χ1) is 12.6. The molecule has 0 aromatic carbocycles. The van der Waals surface area contributed by atoms with Gasteiger partial charge in [-0.3, -0.25) is 4.79 Å². The molecule has 0 radical (unpaired) electrons. The van der Waals surface area contributed by atoms with Crippen molar-refractivity contribution in [3.63, 3.8) is 0 Å². The molecule has 0 heterocycles. The van der Waals surface area contributed by atoms with E-state index in [9.17, 15) is 14.7 Å². The molecule has 2 amide bonds. The predicted molar refractivity (Wildman–Crippen MR) is 103 cm³/mol. The van der Waals surface area contributed by atoms with Crippen LogP contribution in [0.4, 0.5) is 4.79 Å². The summed E-state index contributed by atoms with van der Waals surface area (Å²) < 4.78 is 0. The van der Waals surface area contributed by atoms with Crippen LogP contribution in [0.1, 0.15) is 78.6 Å². The molecular weight excluding hydrogens is 342 g/mol. The Labute approximate surface area is 161 Å². The number of carbonyl (C=O) groups is 2. The lowest BCUT2D eigenvalue weighted by Gasteiger charge is -2.63. The summed E-state index contributed by atoms with van der Waals surface area (Å²) in [5, 5.41) is 14.4. The van der Waals surface area contributed by atoms with Crippen molar-refractivity contribution in [3.8, 4) is 0 Å². The summed E-state index contributed by atoms with van der Waals surface area (Å²) in [5.74, 6) is 0.174. The van der Waals surface area contributed by atoms with Gasteiger partial charge in [-0.2, -0.15) is 5.10 Å². The number of carboxylic acid groups (broad SMARTS) is 1. The van der Waals surface area contributed by atoms with Gasteiger partial charge in [-0.25, -0.2) is 10.2 Å². The Bertz CT molecular complexity index is 721. The number of amides is 2. The number of primary amides is 1. The van der Waals surface area contributed by atoms with Crippen LogP contribution in [0, 0.1) is 33.5 Å². The summed E-state index contributed by atoms with van der Waals surface area (Å²) in [6, 6.07) is -0.609. The number of urea groups is 1. The van der Waals surface area contributed by atoms with Crippen molar-refractivity contribution >= 4 is 17.7 Å². The molecule has 6 heteroatoms. The van der Waals surface area contributed by atoms with Crippen LogP contribution >= 0.6 is 0 Å². The summed E-state index contributed by atoms with van der Waals surface area (Å²) in [5.41, 5.74) is 8.50. The number of hydrogen-bond donors (Lipinski definition) is 3. The smallest absolute Gasteiger partial charge is 0.332 e. The number of nitrogens with zero attached hydrogens (tertiary/aromatic N) is 1. The SMILES string of the molecule is C[C@@]12CC[C@@H]3[C@@](CC[C@H]4[C@@]3(C)CCC[C@@]4(C)C(=O)O)(CC1=NNC(N)=O)C2. The first-order valence-electron chi connectivity index (χ1n) is 10.4. The van der Waals surface area contributed by atoms with Gasteiger partial charge in [-0.05, 0) is 81.0 Å². The van der Waals surface area contributed by atoms with Crippen LogP contribution in [0.3, 0.4) is 0 Å². The Morgan fingerprint density at radius 1 is 1.11 bits per heavy atom. The van der Waals surface area contributed by atoms with E-state index in [1.807, 2.05) is 6.92 Å². The Kier molecular flexibility index (Phi) is 3.97. The van der Waals surface area contributed by atoms with Crippen molar-refractivity contribution in [2.24, 2.45) is 44.3 Å². The maximum absolute atomic E-state index is 12.2. The Hall–Kier alpha value is -1.59. The minimum Gasteiger partial charge on any atom is -0.481 e. The van der Waals surface area contributed by atoms with Gasteiger partial charge in [0.2, 0.25) is 0 Å². The highest BCUT2D eigenvalue weighted by Gasteiger charge is 2.67. The first kappa shape index (κ1) is 18.8. The molecule has 27 heavy (non-hydrogen) atoms. The Balaban J connectivity index is 1.70. The molecule has 6 atom stereocenters. The van der Waals surface area contributed by atoms with E-state index in [2.05, 4.69) is 24.4 Å². The quantitative estimate of drug-likeness (QED) is 0.637. The molecule has 2 bridgehead atoms. The number of aliphatic carboxylic acids is 1. The van der Waals surface area contributed by atoms with Crippen molar-refractivity contribution < 1.29 is 14.7 Å². The van der Waals surface area contributed by atoms with Gasteiger partial charge in [-0.15, -0.1) is 0 Å². The number of hydrazone groups is 1. The van der Waals surface area contributed by atoms with Crippen LogP contribution in [0.15, 0.2) is 5.10 Å². The minimum absolute atomic E-state index is 0.0346. The van der Waals surface area contributed by atoms with E-state index in [1.165, 1.54) is 0 Å². The van der Waals surface area contributed by atoms with Crippen LogP contribution in [-0.4, -0.2) is 22.8 Å². The molecule has 6 nitrogen and oxygen atoms in total. The van der Waals surface area contributed by atoms with Gasteiger partial charge in [0.15, 0.2) is 0 Å². The average Bonchev–Trinajstić information content (AvgIpc) is 2.77. The van der Waals surface area contributed by atoms with Crippen LogP contribution in [0.5, 0.6) is 0 Å². The summed E-state index contributed by atoms with van der Waals surface area (Å²) in [4.78, 5) is 23.3. The molecule has 4 fully saturated rings. The lowest BCUT2D eigenvalue weighted by atomic mass is 9.40. The maximum atomic E-state index is 12.2. The highest BCUT2D eigenvalue weighted by atomic mass is 16.4. The molecule has 0 saturated heterocycles. The lowest BCUT2D eigenvalue weighted by molar-refractivity contribution is -0.182. The second-order valence-corrected chi connectivity index (χ2v) is 10.6. The number of nitrogens with one attached hydrogen (secondary N) is 1. The number of hydrogen-bond acceptors (Lipinski definition) is 3. The summed E-state index contributed by atoms with van der Waals surface area (Å²) >= 11 is 0. The number of rotatable bonds is 2. The van der Waals surface area contributed by atoms with Crippen LogP contribution in [0.2, 0.25) is 0 Å². The van der Waals surface area contributed by atoms with Crippen molar-refractivity contribution in [2.45, 2.75) is 78.6 Å². The third-order valence-corrected chi connectivity index (χ3v) is 9.18. The topological polar surface area (TPSA) is 105 Å². The van der Waals surface area contributed by atoms with Crippen molar-refractivity contribution in [1.82, 2.24) is 5.43 Å². The highest BCUT2D eigenvalue weighted by Crippen LogP contribution is 2.73. The zero-order chi connectivity index (χ0) is 19.7. The molecule has 0 aromatic heterocycles. The fourth-order valence-corrected chi connectivity index (χ4v) is 8.08. The van der Waals surface area contributed by atoms with E-state index >= 15 is 0 Å². The van der Waals surface area contributed by atoms with Crippen LogP contribution in [-0.2, 0) is 4.79 Å². The van der Waals surface area contributed by atoms with E-state index in [1.54, 1.807) is 0 Å². The second kappa shape index (κ2) is 5.71. The van der Waals surface area contributed by atoms with Gasteiger partial charge in [-0.1, -0.05) is 20.3 Å². The van der Waals surface area contributed by atoms with E-state index in [-0.39, 0.29) is 22.2 Å². The third kappa shape index (κ3) is 2.47. The molecule has 4 rings (SSSR count). The molecule has 4 N–H and O–H groups in total. The van der Waals surface area contributed by atoms with Crippen molar-refractivity contribution in [1.29, 1.82) is 0 Å². The van der Waals surface area contributed by atoms with Gasteiger partial charge >= 0.3 is 12.0 Å². The molecule has 0 unspecified atom stereocenters. The van der Waals surface area contributed by atoms with Crippen molar-refractivity contribution in [3.05, 3.63) is 0 Å². The van der Waals surface area contributed by atoms with Gasteiger partial charge in [0.05, 0.1) is 5.41 Å². The monoisotopic (exact) mass is 375 g/mol. The molecule has 4 aliphatic carbocycles. The summed E-state index contributed by atoms with van der Waals surface area (Å²) in [6.07, 6.45) is 9.22. The van der Waals surface area contributed by atoms with Gasteiger partial charge in [0, 0.05) is 11.1 Å². The van der Waals surface area contributed by atoms with E-state index in [0.29, 0.717) is 5.92 Å². The molecule has 150 valence electrons. The zero-order valence-electron chi connectivity index (χ0n) is 16.8. The largest absolute Gasteiger partial charge is 0.481 e. The molecule has 0 aliphatic heterocycles. The van der Waals surface area contributed by atoms with E-state index < -0.39 is 17.4 Å². The predicted octanol–water partition coefficient (Wildman–Crippen LogP) is 3.90. The maximum Gasteiger partial charge on any atom is 0.332 e. The normalized spacial score (nSPS) is 50.0. The average molecular weight is 376 g/mol.